The molecule has 3 fully saturated rings. The number of nitrogens with one attached hydrogen (secondary N) is 1. The SMILES string of the molecule is O=C(NC1CC1)c1noc([C@H]2CCCN2Cc2cnc(C3CC3)s2)n1. The van der Waals surface area contributed by atoms with Crippen molar-refractivity contribution < 1.29 is 9.32 Å². The van der Waals surface area contributed by atoms with Gasteiger partial charge in [-0.3, -0.25) is 9.69 Å². The zero-order chi connectivity index (χ0) is 16.8. The number of thiazole rings is 1. The molecule has 0 radical (unpaired) electrons. The minimum atomic E-state index is -0.224. The number of amides is 1. The van der Waals surface area contributed by atoms with Crippen molar-refractivity contribution in [3.8, 4) is 0 Å². The van der Waals surface area contributed by atoms with Gasteiger partial charge in [-0.25, -0.2) is 4.98 Å². The Morgan fingerprint density at radius 2 is 2.20 bits per heavy atom. The third kappa shape index (κ3) is 3.32. The molecule has 7 nitrogen and oxygen atoms in total. The summed E-state index contributed by atoms with van der Waals surface area (Å²) in [5.74, 6) is 1.20. The molecule has 2 saturated carbocycles. The van der Waals surface area contributed by atoms with E-state index in [0.717, 1.165) is 38.8 Å². The first-order valence-electron chi connectivity index (χ1n) is 9.09. The van der Waals surface area contributed by atoms with Gasteiger partial charge in [0.15, 0.2) is 0 Å². The fourth-order valence-electron chi connectivity index (χ4n) is 3.35. The van der Waals surface area contributed by atoms with Crippen LogP contribution in [-0.4, -0.2) is 38.5 Å². The van der Waals surface area contributed by atoms with Gasteiger partial charge in [0.05, 0.1) is 11.0 Å². The van der Waals surface area contributed by atoms with E-state index in [1.54, 1.807) is 0 Å². The van der Waals surface area contributed by atoms with Gasteiger partial charge < -0.3 is 9.84 Å². The third-order valence-electron chi connectivity index (χ3n) is 5.06. The third-order valence-corrected chi connectivity index (χ3v) is 6.21. The zero-order valence-electron chi connectivity index (χ0n) is 14.0. The molecule has 0 bridgehead atoms. The lowest BCUT2D eigenvalue weighted by molar-refractivity contribution is 0.0937. The number of carbonyl (C=O) groups excluding carboxylic acids is 1. The van der Waals surface area contributed by atoms with Crippen molar-refractivity contribution in [3.05, 3.63) is 27.8 Å². The zero-order valence-corrected chi connectivity index (χ0v) is 14.8. The predicted octanol–water partition coefficient (Wildman–Crippen LogP) is 2.63. The number of nitrogens with zero attached hydrogens (tertiary/aromatic N) is 4. The largest absolute Gasteiger partial charge is 0.346 e. The topological polar surface area (TPSA) is 84.2 Å². The van der Waals surface area contributed by atoms with Crippen molar-refractivity contribution >= 4 is 17.2 Å². The summed E-state index contributed by atoms with van der Waals surface area (Å²) in [6, 6.07) is 0.394. The van der Waals surface area contributed by atoms with Gasteiger partial charge in [0.25, 0.3) is 11.7 Å². The molecule has 25 heavy (non-hydrogen) atoms. The van der Waals surface area contributed by atoms with Crippen molar-refractivity contribution in [3.63, 3.8) is 0 Å². The van der Waals surface area contributed by atoms with Crippen LogP contribution < -0.4 is 5.32 Å². The van der Waals surface area contributed by atoms with Crippen LogP contribution in [0.3, 0.4) is 0 Å². The van der Waals surface area contributed by atoms with Gasteiger partial charge in [0.2, 0.25) is 5.89 Å². The highest BCUT2D eigenvalue weighted by Gasteiger charge is 2.33. The Balaban J connectivity index is 1.27. The van der Waals surface area contributed by atoms with Crippen LogP contribution >= 0.6 is 11.3 Å². The monoisotopic (exact) mass is 359 g/mol. The van der Waals surface area contributed by atoms with E-state index in [4.69, 9.17) is 4.52 Å². The molecule has 2 aromatic rings. The van der Waals surface area contributed by atoms with E-state index in [0.29, 0.717) is 17.9 Å². The Bertz CT molecular complexity index is 780. The summed E-state index contributed by atoms with van der Waals surface area (Å²) in [5, 5.41) is 8.06. The molecule has 2 aromatic heterocycles. The van der Waals surface area contributed by atoms with E-state index in [9.17, 15) is 4.79 Å². The molecule has 2 aliphatic carbocycles. The van der Waals surface area contributed by atoms with Crippen molar-refractivity contribution in [1.29, 1.82) is 0 Å². The van der Waals surface area contributed by atoms with Crippen LogP contribution in [0.25, 0.3) is 0 Å². The lowest BCUT2D eigenvalue weighted by Gasteiger charge is -2.20. The first-order chi connectivity index (χ1) is 12.3. The van der Waals surface area contributed by atoms with Crippen LogP contribution in [-0.2, 0) is 6.54 Å². The molecule has 3 aliphatic rings. The first-order valence-corrected chi connectivity index (χ1v) is 9.91. The fourth-order valence-corrected chi connectivity index (χ4v) is 4.46. The Morgan fingerprint density at radius 1 is 1.32 bits per heavy atom. The summed E-state index contributed by atoms with van der Waals surface area (Å²) in [6.07, 6.45) is 8.76. The van der Waals surface area contributed by atoms with Gasteiger partial charge in [-0.1, -0.05) is 5.16 Å². The average molecular weight is 359 g/mol. The lowest BCUT2D eigenvalue weighted by Crippen LogP contribution is -2.26. The van der Waals surface area contributed by atoms with E-state index in [2.05, 4.69) is 25.3 Å². The van der Waals surface area contributed by atoms with Crippen LogP contribution in [0.5, 0.6) is 0 Å². The van der Waals surface area contributed by atoms with Crippen LogP contribution in [0.15, 0.2) is 10.7 Å². The molecule has 0 spiro atoms. The molecular formula is C17H21N5O2S. The second-order valence-electron chi connectivity index (χ2n) is 7.27. The minimum Gasteiger partial charge on any atom is -0.346 e. The van der Waals surface area contributed by atoms with Crippen molar-refractivity contribution in [2.45, 2.75) is 63.1 Å². The number of hydrogen-bond acceptors (Lipinski definition) is 7. The van der Waals surface area contributed by atoms with Crippen LogP contribution in [0.1, 0.15) is 76.9 Å². The maximum Gasteiger partial charge on any atom is 0.292 e. The smallest absolute Gasteiger partial charge is 0.292 e. The predicted molar refractivity (Wildman–Crippen MR) is 91.3 cm³/mol. The average Bonchev–Trinajstić information content (AvgIpc) is 3.46. The number of carbonyl (C=O) groups is 1. The number of hydrogen-bond donors (Lipinski definition) is 1. The van der Waals surface area contributed by atoms with Gasteiger partial charge in [-0.2, -0.15) is 4.98 Å². The highest BCUT2D eigenvalue weighted by Crippen LogP contribution is 2.42. The summed E-state index contributed by atoms with van der Waals surface area (Å²) in [6.45, 7) is 1.87. The summed E-state index contributed by atoms with van der Waals surface area (Å²) >= 11 is 1.83. The quantitative estimate of drug-likeness (QED) is 0.853. The van der Waals surface area contributed by atoms with Gasteiger partial charge in [-0.05, 0) is 45.1 Å². The molecule has 1 amide bonds. The van der Waals surface area contributed by atoms with Gasteiger partial charge in [0.1, 0.15) is 0 Å². The van der Waals surface area contributed by atoms with Crippen LogP contribution in [0.4, 0.5) is 0 Å². The summed E-state index contributed by atoms with van der Waals surface area (Å²) in [7, 11) is 0. The van der Waals surface area contributed by atoms with E-state index >= 15 is 0 Å². The van der Waals surface area contributed by atoms with Gasteiger partial charge >= 0.3 is 0 Å². The number of rotatable bonds is 6. The second kappa shape index (κ2) is 6.17. The summed E-state index contributed by atoms with van der Waals surface area (Å²) in [5.41, 5.74) is 0. The van der Waals surface area contributed by atoms with Crippen molar-refractivity contribution in [1.82, 2.24) is 25.3 Å². The molecule has 1 aliphatic heterocycles. The van der Waals surface area contributed by atoms with E-state index in [1.807, 2.05) is 17.5 Å². The first kappa shape index (κ1) is 15.5. The van der Waals surface area contributed by atoms with Crippen molar-refractivity contribution in [2.24, 2.45) is 0 Å². The molecule has 0 aromatic carbocycles. The lowest BCUT2D eigenvalue weighted by atomic mass is 10.2. The maximum atomic E-state index is 12.1. The Labute approximate surface area is 149 Å². The second-order valence-corrected chi connectivity index (χ2v) is 8.42. The summed E-state index contributed by atoms with van der Waals surface area (Å²) in [4.78, 5) is 24.6. The number of aromatic nitrogens is 3. The summed E-state index contributed by atoms with van der Waals surface area (Å²) < 4.78 is 5.42. The Hall–Kier alpha value is -1.80. The molecule has 3 heterocycles. The van der Waals surface area contributed by atoms with Gasteiger partial charge in [0, 0.05) is 29.6 Å². The molecule has 132 valence electrons. The Kier molecular flexibility index (Phi) is 3.82. The van der Waals surface area contributed by atoms with Gasteiger partial charge in [-0.15, -0.1) is 11.3 Å². The molecular weight excluding hydrogens is 338 g/mol. The Morgan fingerprint density at radius 3 is 3.00 bits per heavy atom. The highest BCUT2D eigenvalue weighted by atomic mass is 32.1. The molecule has 1 N–H and O–H groups in total. The number of likely N-dealkylation sites (tertiary alicyclic amines) is 1. The van der Waals surface area contributed by atoms with E-state index in [-0.39, 0.29) is 17.8 Å². The van der Waals surface area contributed by atoms with E-state index < -0.39 is 0 Å². The molecule has 5 rings (SSSR count). The maximum absolute atomic E-state index is 12.1. The molecule has 1 saturated heterocycles. The van der Waals surface area contributed by atoms with Crippen LogP contribution in [0, 0.1) is 0 Å². The fraction of sp³-hybridized carbons (Fsp3) is 0.647. The van der Waals surface area contributed by atoms with Crippen molar-refractivity contribution in [2.75, 3.05) is 6.54 Å². The highest BCUT2D eigenvalue weighted by molar-refractivity contribution is 7.11. The minimum absolute atomic E-state index is 0.0986. The molecule has 8 heteroatoms. The van der Waals surface area contributed by atoms with E-state index in [1.165, 1.54) is 22.7 Å². The van der Waals surface area contributed by atoms with Crippen LogP contribution in [0.2, 0.25) is 0 Å². The normalized spacial score (nSPS) is 23.9. The molecule has 0 unspecified atom stereocenters. The molecule has 1 atom stereocenters. The standard InChI is InChI=1S/C17H21N5O2S/c23-15(19-11-5-6-11)14-20-16(24-21-14)13-2-1-7-22(13)9-12-8-18-17(25-12)10-3-4-10/h8,10-11,13H,1-7,9H2,(H,19,23)/t13-/m1/s1.